The van der Waals surface area contributed by atoms with E-state index in [0.29, 0.717) is 18.4 Å². The van der Waals surface area contributed by atoms with E-state index in [0.717, 1.165) is 11.5 Å². The van der Waals surface area contributed by atoms with Crippen LogP contribution < -0.4 is 0 Å². The minimum atomic E-state index is -0.961. The number of hydroxylamine groups is 2. The van der Waals surface area contributed by atoms with Crippen LogP contribution in [0.2, 0.25) is 0 Å². The lowest BCUT2D eigenvalue weighted by Gasteiger charge is -2.15. The second kappa shape index (κ2) is 3.41. The van der Waals surface area contributed by atoms with Crippen molar-refractivity contribution in [3.63, 3.8) is 0 Å². The van der Waals surface area contributed by atoms with E-state index in [2.05, 4.69) is 29.2 Å². The maximum absolute atomic E-state index is 12.0. The lowest BCUT2D eigenvalue weighted by atomic mass is 9.86. The van der Waals surface area contributed by atoms with E-state index in [1.54, 1.807) is 0 Å². The molecule has 0 radical (unpaired) electrons. The van der Waals surface area contributed by atoms with Crippen molar-refractivity contribution in [3.05, 3.63) is 12.2 Å². The zero-order valence-corrected chi connectivity index (χ0v) is 9.30. The molecule has 1 saturated carbocycles. The first kappa shape index (κ1) is 10.0. The average molecular weight is 241 g/mol. The van der Waals surface area contributed by atoms with Crippen LogP contribution in [0.1, 0.15) is 6.42 Å². The third-order valence-electron chi connectivity index (χ3n) is 3.79. The van der Waals surface area contributed by atoms with Crippen LogP contribution in [-0.2, 0) is 13.8 Å². The lowest BCUT2D eigenvalue weighted by molar-refractivity contribution is -0.164. The van der Waals surface area contributed by atoms with Gasteiger partial charge in [0.2, 0.25) is 0 Å². The van der Waals surface area contributed by atoms with Crippen molar-refractivity contribution in [1.29, 1.82) is 0 Å². The van der Waals surface area contributed by atoms with E-state index < -0.39 is 6.16 Å². The smallest absolute Gasteiger partial charge is 0.361 e. The van der Waals surface area contributed by atoms with Crippen LogP contribution >= 0.6 is 12.9 Å². The molecule has 1 aliphatic heterocycles. The molecule has 2 aliphatic carbocycles. The minimum absolute atomic E-state index is 0.0114. The second-order valence-electron chi connectivity index (χ2n) is 4.47. The Balaban J connectivity index is 1.74. The number of rotatable bonds is 1. The maximum atomic E-state index is 12.0. The Hall–Kier alpha value is -1.17. The summed E-state index contributed by atoms with van der Waals surface area (Å²) in [5, 5.41) is 1.11. The van der Waals surface area contributed by atoms with Gasteiger partial charge in [0.1, 0.15) is 0 Å². The molecule has 0 spiro atoms. The highest BCUT2D eigenvalue weighted by Crippen LogP contribution is 2.51. The molecule has 1 saturated heterocycles. The Morgan fingerprint density at radius 3 is 2.88 bits per heavy atom. The fraction of sp³-hybridized carbons (Fsp3) is 0.600. The van der Waals surface area contributed by atoms with Crippen LogP contribution in [0.4, 0.5) is 4.79 Å². The SMILES string of the molecule is O=C(OS)ON1CC2C3C=CC(C3)C2C1=O. The molecule has 0 N–H and O–H groups in total. The fourth-order valence-corrected chi connectivity index (χ4v) is 3.21. The van der Waals surface area contributed by atoms with E-state index in [-0.39, 0.29) is 17.7 Å². The summed E-state index contributed by atoms with van der Waals surface area (Å²) in [7, 11) is 0. The number of amides is 1. The molecule has 1 heterocycles. The van der Waals surface area contributed by atoms with E-state index in [4.69, 9.17) is 4.84 Å². The zero-order valence-electron chi connectivity index (χ0n) is 8.41. The Kier molecular flexibility index (Phi) is 2.14. The average Bonchev–Trinajstić information content (AvgIpc) is 2.93. The van der Waals surface area contributed by atoms with Gasteiger partial charge in [-0.2, -0.15) is 5.06 Å². The Morgan fingerprint density at radius 1 is 1.44 bits per heavy atom. The molecule has 2 bridgehead atoms. The standard InChI is InChI=1S/C10H11NO4S/c12-9-8-6-2-1-5(3-6)7(8)4-11(9)14-10(13)15-16/h1-2,5-8,16H,3-4H2. The first-order valence-corrected chi connectivity index (χ1v) is 5.60. The molecular weight excluding hydrogens is 230 g/mol. The van der Waals surface area contributed by atoms with Gasteiger partial charge in [0.05, 0.1) is 12.5 Å². The van der Waals surface area contributed by atoms with E-state index in [1.165, 1.54) is 0 Å². The normalized spacial score (nSPS) is 39.1. The summed E-state index contributed by atoms with van der Waals surface area (Å²) >= 11 is 3.32. The number of fused-ring (bicyclic) bond motifs is 5. The number of hydrogen-bond acceptors (Lipinski definition) is 5. The first-order valence-electron chi connectivity index (χ1n) is 5.23. The summed E-state index contributed by atoms with van der Waals surface area (Å²) in [6.45, 7) is 0.470. The third-order valence-corrected chi connectivity index (χ3v) is 3.94. The molecule has 0 aromatic carbocycles. The van der Waals surface area contributed by atoms with Crippen molar-refractivity contribution in [3.8, 4) is 0 Å². The van der Waals surface area contributed by atoms with Crippen LogP contribution in [-0.4, -0.2) is 23.7 Å². The van der Waals surface area contributed by atoms with E-state index >= 15 is 0 Å². The summed E-state index contributed by atoms with van der Waals surface area (Å²) in [6.07, 6.45) is 4.37. The fourth-order valence-electron chi connectivity index (χ4n) is 3.18. The molecule has 0 aromatic heterocycles. The lowest BCUT2D eigenvalue weighted by Crippen LogP contribution is -2.31. The number of carbonyl (C=O) groups is 2. The second-order valence-corrected chi connectivity index (χ2v) is 4.65. The minimum Gasteiger partial charge on any atom is -0.361 e. The summed E-state index contributed by atoms with van der Waals surface area (Å²) in [5.41, 5.74) is 0. The zero-order chi connectivity index (χ0) is 11.3. The number of thiol groups is 1. The van der Waals surface area contributed by atoms with Crippen molar-refractivity contribution in [2.75, 3.05) is 6.54 Å². The van der Waals surface area contributed by atoms with Crippen molar-refractivity contribution in [2.24, 2.45) is 23.7 Å². The molecule has 1 amide bonds. The third kappa shape index (κ3) is 1.25. The van der Waals surface area contributed by atoms with Gasteiger partial charge in [-0.25, -0.2) is 4.79 Å². The Labute approximate surface area is 97.9 Å². The predicted molar refractivity (Wildman–Crippen MR) is 56.0 cm³/mol. The van der Waals surface area contributed by atoms with Crippen molar-refractivity contribution < 1.29 is 18.6 Å². The van der Waals surface area contributed by atoms with Gasteiger partial charge in [-0.15, -0.1) is 0 Å². The van der Waals surface area contributed by atoms with Crippen LogP contribution in [0, 0.1) is 23.7 Å². The van der Waals surface area contributed by atoms with Gasteiger partial charge in [-0.1, -0.05) is 12.2 Å². The van der Waals surface area contributed by atoms with Crippen molar-refractivity contribution in [1.82, 2.24) is 5.06 Å². The van der Waals surface area contributed by atoms with E-state index in [9.17, 15) is 9.59 Å². The van der Waals surface area contributed by atoms with Gasteiger partial charge in [0, 0.05) is 12.9 Å². The Bertz CT molecular complexity index is 383. The van der Waals surface area contributed by atoms with Crippen LogP contribution in [0.15, 0.2) is 12.2 Å². The molecule has 3 rings (SSSR count). The van der Waals surface area contributed by atoms with Gasteiger partial charge in [0.25, 0.3) is 5.91 Å². The predicted octanol–water partition coefficient (Wildman–Crippen LogP) is 1.18. The van der Waals surface area contributed by atoms with Crippen LogP contribution in [0.25, 0.3) is 0 Å². The summed E-state index contributed by atoms with van der Waals surface area (Å²) in [4.78, 5) is 27.6. The van der Waals surface area contributed by atoms with E-state index in [1.807, 2.05) is 0 Å². The molecule has 3 aliphatic rings. The molecule has 4 atom stereocenters. The molecule has 0 aromatic rings. The summed E-state index contributed by atoms with van der Waals surface area (Å²) in [6, 6.07) is 0. The number of nitrogens with zero attached hydrogens (tertiary/aromatic N) is 1. The topological polar surface area (TPSA) is 55.8 Å². The van der Waals surface area contributed by atoms with Crippen molar-refractivity contribution in [2.45, 2.75) is 6.42 Å². The van der Waals surface area contributed by atoms with Crippen molar-refractivity contribution >= 4 is 25.0 Å². The number of carbonyl (C=O) groups excluding carboxylic acids is 2. The molecule has 86 valence electrons. The van der Waals surface area contributed by atoms with Gasteiger partial charge in [-0.3, -0.25) is 4.79 Å². The molecule has 6 heteroatoms. The monoisotopic (exact) mass is 241 g/mol. The molecular formula is C10H11NO4S. The largest absolute Gasteiger partial charge is 0.545 e. The van der Waals surface area contributed by atoms with Crippen LogP contribution in [0.5, 0.6) is 0 Å². The highest BCUT2D eigenvalue weighted by Gasteiger charge is 2.55. The first-order chi connectivity index (χ1) is 7.70. The summed E-state index contributed by atoms with van der Waals surface area (Å²) < 4.78 is 4.08. The number of allylic oxidation sites excluding steroid dienone is 2. The maximum Gasteiger partial charge on any atom is 0.545 e. The van der Waals surface area contributed by atoms with Gasteiger partial charge in [0.15, 0.2) is 0 Å². The highest BCUT2D eigenvalue weighted by molar-refractivity contribution is 7.75. The number of hydrogen-bond donors (Lipinski definition) is 1. The van der Waals surface area contributed by atoms with Gasteiger partial charge < -0.3 is 9.02 Å². The molecule has 2 fully saturated rings. The highest BCUT2D eigenvalue weighted by atomic mass is 32.1. The quantitative estimate of drug-likeness (QED) is 0.425. The molecule has 16 heavy (non-hydrogen) atoms. The van der Waals surface area contributed by atoms with Crippen LogP contribution in [0.3, 0.4) is 0 Å². The molecule has 4 unspecified atom stereocenters. The molecule has 5 nitrogen and oxygen atoms in total. The van der Waals surface area contributed by atoms with Gasteiger partial charge in [-0.05, 0) is 24.2 Å². The Morgan fingerprint density at radius 2 is 2.19 bits per heavy atom. The van der Waals surface area contributed by atoms with Gasteiger partial charge >= 0.3 is 6.16 Å². The summed E-state index contributed by atoms with van der Waals surface area (Å²) in [5.74, 6) is 0.946.